The third-order valence-electron chi connectivity index (χ3n) is 3.76. The van der Waals surface area contributed by atoms with E-state index in [9.17, 15) is 4.79 Å². The van der Waals surface area contributed by atoms with E-state index in [4.69, 9.17) is 5.41 Å². The minimum absolute atomic E-state index is 0.385. The molecular formula is C14H23BrN4O. The number of nitrogens with one attached hydrogen (secondary N) is 2. The number of nitrogens with two attached hydrogens (primary N) is 1. The van der Waals surface area contributed by atoms with Crippen LogP contribution in [-0.2, 0) is 4.79 Å². The number of aromatic nitrogens is 2. The van der Waals surface area contributed by atoms with Crippen molar-refractivity contribution in [3.8, 4) is 0 Å². The molecule has 2 aliphatic rings. The third-order valence-corrected chi connectivity index (χ3v) is 4.31. The van der Waals surface area contributed by atoms with E-state index in [1.54, 1.807) is 6.33 Å². The Bertz CT molecular complexity index is 386. The number of Topliss-reactive ketones (excluding diaryl/α,β-unsaturated/α-hetero) is 1. The van der Waals surface area contributed by atoms with Crippen molar-refractivity contribution >= 4 is 28.1 Å². The van der Waals surface area contributed by atoms with Crippen LogP contribution in [0.3, 0.4) is 0 Å². The Morgan fingerprint density at radius 2 is 2.05 bits per heavy atom. The Morgan fingerprint density at radius 3 is 2.30 bits per heavy atom. The number of carbonyl (C=O) groups is 1. The molecule has 0 spiro atoms. The highest BCUT2D eigenvalue weighted by Crippen LogP contribution is 2.34. The SMILES string of the molecule is N=CN.O=C(CBr)C1CCC1.c1ncc(C2CCC2)[nH]1. The molecule has 0 amide bonds. The number of alkyl halides is 1. The Balaban J connectivity index is 0.000000169. The molecule has 3 rings (SSSR count). The molecule has 5 nitrogen and oxygen atoms in total. The van der Waals surface area contributed by atoms with Crippen LogP contribution in [0.5, 0.6) is 0 Å². The van der Waals surface area contributed by atoms with Gasteiger partial charge in [-0.15, -0.1) is 0 Å². The summed E-state index contributed by atoms with van der Waals surface area (Å²) in [6.45, 7) is 0. The van der Waals surface area contributed by atoms with E-state index >= 15 is 0 Å². The lowest BCUT2D eigenvalue weighted by Gasteiger charge is -2.23. The molecule has 0 atom stereocenters. The van der Waals surface area contributed by atoms with Crippen LogP contribution in [0.1, 0.15) is 50.1 Å². The molecule has 0 saturated heterocycles. The van der Waals surface area contributed by atoms with Crippen molar-refractivity contribution < 1.29 is 4.79 Å². The normalized spacial score (nSPS) is 17.4. The van der Waals surface area contributed by atoms with Gasteiger partial charge in [-0.2, -0.15) is 0 Å². The summed E-state index contributed by atoms with van der Waals surface area (Å²) < 4.78 is 0. The second-order valence-electron chi connectivity index (χ2n) is 5.03. The van der Waals surface area contributed by atoms with Gasteiger partial charge in [-0.25, -0.2) is 4.98 Å². The van der Waals surface area contributed by atoms with Crippen LogP contribution in [0.25, 0.3) is 0 Å². The van der Waals surface area contributed by atoms with Crippen molar-refractivity contribution in [2.45, 2.75) is 44.4 Å². The molecule has 6 heteroatoms. The van der Waals surface area contributed by atoms with Crippen LogP contribution < -0.4 is 5.73 Å². The fourth-order valence-corrected chi connectivity index (χ4v) is 2.51. The smallest absolute Gasteiger partial charge is 0.146 e. The molecule has 1 aromatic heterocycles. The molecule has 1 aromatic rings. The summed E-state index contributed by atoms with van der Waals surface area (Å²) in [6.07, 6.45) is 12.0. The lowest BCUT2D eigenvalue weighted by atomic mass is 9.83. The Kier molecular flexibility index (Phi) is 8.18. The van der Waals surface area contributed by atoms with E-state index in [0.717, 1.165) is 25.1 Å². The second kappa shape index (κ2) is 9.69. The molecule has 0 aliphatic heterocycles. The van der Waals surface area contributed by atoms with Crippen molar-refractivity contribution in [3.63, 3.8) is 0 Å². The van der Waals surface area contributed by atoms with E-state index in [-0.39, 0.29) is 0 Å². The van der Waals surface area contributed by atoms with Gasteiger partial charge in [0.25, 0.3) is 0 Å². The van der Waals surface area contributed by atoms with Gasteiger partial charge in [0.1, 0.15) is 5.78 Å². The molecule has 0 aromatic carbocycles. The molecule has 2 saturated carbocycles. The van der Waals surface area contributed by atoms with Gasteiger partial charge in [0, 0.05) is 23.7 Å². The third kappa shape index (κ3) is 5.45. The summed E-state index contributed by atoms with van der Waals surface area (Å²) in [5, 5.41) is 6.41. The van der Waals surface area contributed by atoms with Crippen molar-refractivity contribution in [2.24, 2.45) is 11.7 Å². The Hall–Kier alpha value is -1.17. The summed E-state index contributed by atoms with van der Waals surface area (Å²) >= 11 is 3.14. The number of halogens is 1. The number of imidazole rings is 1. The first-order valence-corrected chi connectivity index (χ1v) is 8.12. The predicted molar refractivity (Wildman–Crippen MR) is 84.3 cm³/mol. The van der Waals surface area contributed by atoms with E-state index in [1.165, 1.54) is 31.4 Å². The molecule has 2 aliphatic carbocycles. The highest BCUT2D eigenvalue weighted by molar-refractivity contribution is 9.09. The second-order valence-corrected chi connectivity index (χ2v) is 5.59. The standard InChI is InChI=1S/C7H10N2.C6H9BrO.CH4N2/c1-2-6(3-1)7-4-8-5-9-7;7-4-6(8)5-2-1-3-5;2-1-3/h4-6H,1-3H2,(H,8,9);5H,1-4H2;1H,(H3,2,3). The van der Waals surface area contributed by atoms with Crippen LogP contribution in [-0.4, -0.2) is 27.4 Å². The zero-order valence-corrected chi connectivity index (χ0v) is 13.2. The summed E-state index contributed by atoms with van der Waals surface area (Å²) in [4.78, 5) is 17.8. The summed E-state index contributed by atoms with van der Waals surface area (Å²) in [5.74, 6) is 1.60. The fourth-order valence-electron chi connectivity index (χ4n) is 2.05. The zero-order valence-electron chi connectivity index (χ0n) is 11.6. The van der Waals surface area contributed by atoms with Crippen LogP contribution in [0.2, 0.25) is 0 Å². The van der Waals surface area contributed by atoms with E-state index < -0.39 is 0 Å². The number of nitrogens with zero attached hydrogens (tertiary/aromatic N) is 1. The molecule has 1 heterocycles. The largest absolute Gasteiger partial charge is 0.390 e. The average Bonchev–Trinajstić information content (AvgIpc) is 2.79. The minimum Gasteiger partial charge on any atom is -0.390 e. The summed E-state index contributed by atoms with van der Waals surface area (Å²) in [6, 6.07) is 0. The van der Waals surface area contributed by atoms with Gasteiger partial charge in [-0.1, -0.05) is 28.8 Å². The number of rotatable bonds is 3. The summed E-state index contributed by atoms with van der Waals surface area (Å²) in [7, 11) is 0. The molecule has 20 heavy (non-hydrogen) atoms. The molecule has 2 fully saturated rings. The molecule has 0 unspecified atom stereocenters. The van der Waals surface area contributed by atoms with Gasteiger partial charge in [0.2, 0.25) is 0 Å². The first-order chi connectivity index (χ1) is 9.72. The van der Waals surface area contributed by atoms with Gasteiger partial charge in [-0.05, 0) is 25.7 Å². The van der Waals surface area contributed by atoms with Gasteiger partial charge in [-0.3, -0.25) is 10.2 Å². The van der Waals surface area contributed by atoms with Crippen molar-refractivity contribution in [2.75, 3.05) is 5.33 Å². The zero-order chi connectivity index (χ0) is 14.8. The van der Waals surface area contributed by atoms with Crippen molar-refractivity contribution in [1.82, 2.24) is 9.97 Å². The topological polar surface area (TPSA) is 95.6 Å². The number of carbonyl (C=O) groups excluding carboxylic acids is 1. The summed E-state index contributed by atoms with van der Waals surface area (Å²) in [5.41, 5.74) is 5.71. The van der Waals surface area contributed by atoms with Crippen LogP contribution >= 0.6 is 15.9 Å². The quantitative estimate of drug-likeness (QED) is 0.447. The van der Waals surface area contributed by atoms with E-state index in [1.807, 2.05) is 6.20 Å². The lowest BCUT2D eigenvalue weighted by Crippen LogP contribution is -2.22. The lowest BCUT2D eigenvalue weighted by molar-refractivity contribution is -0.122. The number of H-pyrrole nitrogens is 1. The Morgan fingerprint density at radius 1 is 1.45 bits per heavy atom. The first kappa shape index (κ1) is 16.9. The number of ketones is 1. The number of hydrogen-bond donors (Lipinski definition) is 3. The molecule has 0 bridgehead atoms. The molecule has 112 valence electrons. The average molecular weight is 343 g/mol. The monoisotopic (exact) mass is 342 g/mol. The predicted octanol–water partition coefficient (Wildman–Crippen LogP) is 2.98. The minimum atomic E-state index is 0.385. The fraction of sp³-hybridized carbons (Fsp3) is 0.643. The van der Waals surface area contributed by atoms with Gasteiger partial charge in [0.15, 0.2) is 0 Å². The number of aromatic amines is 1. The highest BCUT2D eigenvalue weighted by Gasteiger charge is 2.23. The molecule has 4 N–H and O–H groups in total. The van der Waals surface area contributed by atoms with Crippen LogP contribution in [0.4, 0.5) is 0 Å². The maximum atomic E-state index is 10.7. The van der Waals surface area contributed by atoms with Gasteiger partial charge >= 0.3 is 0 Å². The Labute approximate surface area is 128 Å². The van der Waals surface area contributed by atoms with Gasteiger partial charge < -0.3 is 10.7 Å². The van der Waals surface area contributed by atoms with Crippen LogP contribution in [0, 0.1) is 11.3 Å². The van der Waals surface area contributed by atoms with E-state index in [2.05, 4.69) is 31.6 Å². The van der Waals surface area contributed by atoms with Gasteiger partial charge in [0.05, 0.1) is 18.0 Å². The van der Waals surface area contributed by atoms with E-state index in [0.29, 0.717) is 17.0 Å². The number of hydrogen-bond acceptors (Lipinski definition) is 3. The first-order valence-electron chi connectivity index (χ1n) is 7.00. The maximum Gasteiger partial charge on any atom is 0.146 e. The van der Waals surface area contributed by atoms with Crippen molar-refractivity contribution in [1.29, 1.82) is 5.41 Å². The molecule has 0 radical (unpaired) electrons. The van der Waals surface area contributed by atoms with Crippen LogP contribution in [0.15, 0.2) is 12.5 Å². The molecular weight excluding hydrogens is 320 g/mol. The maximum absolute atomic E-state index is 10.7. The van der Waals surface area contributed by atoms with Crippen molar-refractivity contribution in [3.05, 3.63) is 18.2 Å². The highest BCUT2D eigenvalue weighted by atomic mass is 79.9.